The Morgan fingerprint density at radius 1 is 1.06 bits per heavy atom. The smallest absolute Gasteiger partial charge is 0.410 e. The number of rotatable bonds is 3. The number of amides is 2. The van der Waals surface area contributed by atoms with E-state index >= 15 is 0 Å². The van der Waals surface area contributed by atoms with Crippen molar-refractivity contribution in [3.63, 3.8) is 0 Å². The minimum absolute atomic E-state index is 0.0390. The van der Waals surface area contributed by atoms with Crippen LogP contribution in [-0.2, 0) is 4.74 Å². The zero-order chi connectivity index (χ0) is 22.3. The number of carbonyl (C=O) groups is 3. The summed E-state index contributed by atoms with van der Waals surface area (Å²) in [6.07, 6.45) is 1.31. The molecule has 1 heterocycles. The average Bonchev–Trinajstić information content (AvgIpc) is 3.29. The summed E-state index contributed by atoms with van der Waals surface area (Å²) in [6.45, 7) is 6.54. The van der Waals surface area contributed by atoms with Gasteiger partial charge in [-0.25, -0.2) is 4.79 Å². The highest BCUT2D eigenvalue weighted by Gasteiger charge is 2.33. The molecule has 1 fully saturated rings. The lowest BCUT2D eigenvalue weighted by Crippen LogP contribution is -2.45. The maximum atomic E-state index is 13.3. The summed E-state index contributed by atoms with van der Waals surface area (Å²) < 4.78 is 5.43. The quantitative estimate of drug-likeness (QED) is 0.631. The summed E-state index contributed by atoms with van der Waals surface area (Å²) in [5.74, 6) is -0.144. The van der Waals surface area contributed by atoms with Crippen molar-refractivity contribution in [3.05, 3.63) is 59.2 Å². The molecule has 1 atom stereocenters. The molecule has 162 valence electrons. The Bertz CT molecular complexity index is 1050. The number of hydrogen-bond donors (Lipinski definition) is 0. The number of fused-ring (bicyclic) bond motifs is 3. The van der Waals surface area contributed by atoms with Crippen LogP contribution in [0, 0.1) is 0 Å². The van der Waals surface area contributed by atoms with Crippen molar-refractivity contribution in [1.82, 2.24) is 9.80 Å². The maximum absolute atomic E-state index is 13.3. The standard InChI is InChI=1S/C25H28N2O4/c1-25(2,3)31-24(30)26(4)15-17-8-7-13-27(17)23(29)16-11-12-19-18-9-5-6-10-20(18)22(28)21(19)14-16/h5-6,9-12,14,17H,7-8,13,15H2,1-4H3. The van der Waals surface area contributed by atoms with Crippen LogP contribution in [0.15, 0.2) is 42.5 Å². The minimum Gasteiger partial charge on any atom is -0.444 e. The lowest BCUT2D eigenvalue weighted by Gasteiger charge is -2.30. The average molecular weight is 421 g/mol. The second-order valence-electron chi connectivity index (χ2n) is 9.29. The zero-order valence-corrected chi connectivity index (χ0v) is 18.5. The molecule has 6 heteroatoms. The van der Waals surface area contributed by atoms with E-state index in [2.05, 4.69) is 0 Å². The monoisotopic (exact) mass is 420 g/mol. The fraction of sp³-hybridized carbons (Fsp3) is 0.400. The van der Waals surface area contributed by atoms with Gasteiger partial charge in [0, 0.05) is 42.9 Å². The summed E-state index contributed by atoms with van der Waals surface area (Å²) >= 11 is 0. The predicted octanol–water partition coefficient (Wildman–Crippen LogP) is 4.37. The van der Waals surface area contributed by atoms with Crippen molar-refractivity contribution in [2.75, 3.05) is 20.1 Å². The Hall–Kier alpha value is -3.15. The Morgan fingerprint density at radius 3 is 2.45 bits per heavy atom. The fourth-order valence-electron chi connectivity index (χ4n) is 4.35. The number of nitrogens with zero attached hydrogens (tertiary/aromatic N) is 2. The van der Waals surface area contributed by atoms with Crippen LogP contribution in [0.25, 0.3) is 11.1 Å². The van der Waals surface area contributed by atoms with Crippen molar-refractivity contribution in [2.45, 2.75) is 45.3 Å². The number of likely N-dealkylation sites (N-methyl/N-ethyl adjacent to an activating group) is 1. The molecule has 2 aliphatic rings. The van der Waals surface area contributed by atoms with Gasteiger partial charge in [0.1, 0.15) is 5.60 Å². The number of ketones is 1. The highest BCUT2D eigenvalue weighted by molar-refractivity contribution is 6.22. The van der Waals surface area contributed by atoms with E-state index in [9.17, 15) is 14.4 Å². The molecule has 31 heavy (non-hydrogen) atoms. The van der Waals surface area contributed by atoms with E-state index in [0.29, 0.717) is 29.8 Å². The van der Waals surface area contributed by atoms with Gasteiger partial charge < -0.3 is 14.5 Å². The zero-order valence-electron chi connectivity index (χ0n) is 18.5. The molecule has 2 amide bonds. The molecule has 0 N–H and O–H groups in total. The van der Waals surface area contributed by atoms with Gasteiger partial charge in [0.2, 0.25) is 0 Å². The number of carbonyl (C=O) groups excluding carboxylic acids is 3. The lowest BCUT2D eigenvalue weighted by atomic mass is 10.0. The maximum Gasteiger partial charge on any atom is 0.410 e. The summed E-state index contributed by atoms with van der Waals surface area (Å²) in [7, 11) is 1.69. The van der Waals surface area contributed by atoms with Crippen LogP contribution in [0.3, 0.4) is 0 Å². The fourth-order valence-corrected chi connectivity index (χ4v) is 4.35. The third-order valence-electron chi connectivity index (χ3n) is 5.80. The van der Waals surface area contributed by atoms with Crippen molar-refractivity contribution < 1.29 is 19.1 Å². The molecule has 1 aliphatic carbocycles. The molecule has 0 radical (unpaired) electrons. The Labute approximate surface area is 182 Å². The highest BCUT2D eigenvalue weighted by atomic mass is 16.6. The Morgan fingerprint density at radius 2 is 1.74 bits per heavy atom. The van der Waals surface area contributed by atoms with E-state index in [4.69, 9.17) is 4.74 Å². The molecular weight excluding hydrogens is 392 g/mol. The summed E-state index contributed by atoms with van der Waals surface area (Å²) in [6, 6.07) is 12.8. The first-order chi connectivity index (χ1) is 14.7. The van der Waals surface area contributed by atoms with Gasteiger partial charge in [-0.3, -0.25) is 9.59 Å². The van der Waals surface area contributed by atoms with E-state index in [1.807, 2.05) is 56.0 Å². The van der Waals surface area contributed by atoms with Crippen LogP contribution < -0.4 is 0 Å². The first kappa shape index (κ1) is 21.1. The summed E-state index contributed by atoms with van der Waals surface area (Å²) in [5.41, 5.74) is 2.99. The van der Waals surface area contributed by atoms with E-state index in [1.165, 1.54) is 4.90 Å². The molecule has 4 rings (SSSR count). The Balaban J connectivity index is 1.51. The first-order valence-electron chi connectivity index (χ1n) is 10.7. The van der Waals surface area contributed by atoms with Crippen LogP contribution in [0.4, 0.5) is 4.79 Å². The van der Waals surface area contributed by atoms with Crippen molar-refractivity contribution in [1.29, 1.82) is 0 Å². The van der Waals surface area contributed by atoms with Crippen LogP contribution in [0.1, 0.15) is 59.9 Å². The molecule has 1 saturated heterocycles. The predicted molar refractivity (Wildman–Crippen MR) is 118 cm³/mol. The number of likely N-dealkylation sites (tertiary alicyclic amines) is 1. The van der Waals surface area contributed by atoms with E-state index in [1.54, 1.807) is 19.2 Å². The van der Waals surface area contributed by atoms with Gasteiger partial charge in [-0.2, -0.15) is 0 Å². The van der Waals surface area contributed by atoms with Crippen LogP contribution >= 0.6 is 0 Å². The van der Waals surface area contributed by atoms with E-state index in [0.717, 1.165) is 24.0 Å². The van der Waals surface area contributed by atoms with Crippen LogP contribution in [0.5, 0.6) is 0 Å². The van der Waals surface area contributed by atoms with Crippen molar-refractivity contribution in [2.24, 2.45) is 0 Å². The van der Waals surface area contributed by atoms with Crippen molar-refractivity contribution in [3.8, 4) is 11.1 Å². The normalized spacial score (nSPS) is 17.4. The SMILES string of the molecule is CN(CC1CCCN1C(=O)c1ccc2c(c1)C(=O)c1ccccc1-2)C(=O)OC(C)(C)C. The summed E-state index contributed by atoms with van der Waals surface area (Å²) in [5, 5.41) is 0. The number of hydrogen-bond acceptors (Lipinski definition) is 4. The summed E-state index contributed by atoms with van der Waals surface area (Å²) in [4.78, 5) is 41.8. The molecule has 2 aromatic carbocycles. The lowest BCUT2D eigenvalue weighted by molar-refractivity contribution is 0.0252. The molecule has 0 saturated carbocycles. The van der Waals surface area contributed by atoms with E-state index in [-0.39, 0.29) is 17.7 Å². The largest absolute Gasteiger partial charge is 0.444 e. The number of ether oxygens (including phenoxy) is 1. The first-order valence-corrected chi connectivity index (χ1v) is 10.7. The number of benzene rings is 2. The Kier molecular flexibility index (Phi) is 5.33. The van der Waals surface area contributed by atoms with Gasteiger partial charge in [-0.1, -0.05) is 30.3 Å². The third kappa shape index (κ3) is 4.07. The molecule has 0 aromatic heterocycles. The van der Waals surface area contributed by atoms with Gasteiger partial charge in [-0.15, -0.1) is 0 Å². The van der Waals surface area contributed by atoms with Crippen LogP contribution in [-0.4, -0.2) is 59.4 Å². The molecule has 0 bridgehead atoms. The second kappa shape index (κ2) is 7.84. The molecule has 1 aliphatic heterocycles. The topological polar surface area (TPSA) is 66.9 Å². The molecular formula is C25H28N2O4. The van der Waals surface area contributed by atoms with Gasteiger partial charge in [-0.05, 0) is 56.9 Å². The molecule has 6 nitrogen and oxygen atoms in total. The minimum atomic E-state index is -0.564. The van der Waals surface area contributed by atoms with Gasteiger partial charge in [0.15, 0.2) is 5.78 Å². The van der Waals surface area contributed by atoms with Gasteiger partial charge >= 0.3 is 6.09 Å². The highest BCUT2D eigenvalue weighted by Crippen LogP contribution is 2.37. The van der Waals surface area contributed by atoms with Gasteiger partial charge in [0.25, 0.3) is 5.91 Å². The van der Waals surface area contributed by atoms with Crippen LogP contribution in [0.2, 0.25) is 0 Å². The van der Waals surface area contributed by atoms with Crippen molar-refractivity contribution >= 4 is 17.8 Å². The molecule has 2 aromatic rings. The third-order valence-corrected chi connectivity index (χ3v) is 5.80. The van der Waals surface area contributed by atoms with Gasteiger partial charge in [0.05, 0.1) is 0 Å². The second-order valence-corrected chi connectivity index (χ2v) is 9.29. The molecule has 1 unspecified atom stereocenters. The van der Waals surface area contributed by atoms with E-state index < -0.39 is 11.7 Å². The molecule has 0 spiro atoms.